The molecule has 0 saturated heterocycles. The molecule has 0 amide bonds. The molecule has 1 aromatic carbocycles. The number of methoxy groups -OCH3 is 2. The molecule has 0 saturated carbocycles. The highest BCUT2D eigenvalue weighted by molar-refractivity contribution is 5.69. The minimum atomic E-state index is -0.141. The van der Waals surface area contributed by atoms with Crippen LogP contribution in [0.3, 0.4) is 0 Å². The number of esters is 1. The Hall–Kier alpha value is -1.75. The second kappa shape index (κ2) is 9.20. The van der Waals surface area contributed by atoms with Gasteiger partial charge in [-0.1, -0.05) is 0 Å². The number of rotatable bonds is 9. The number of hydrogen-bond acceptors (Lipinski definition) is 5. The van der Waals surface area contributed by atoms with Gasteiger partial charge in [0.25, 0.3) is 0 Å². The van der Waals surface area contributed by atoms with Crippen molar-refractivity contribution in [2.75, 3.05) is 27.4 Å². The van der Waals surface area contributed by atoms with Crippen molar-refractivity contribution in [3.8, 4) is 11.5 Å². The van der Waals surface area contributed by atoms with E-state index >= 15 is 0 Å². The van der Waals surface area contributed by atoms with Crippen LogP contribution in [0.4, 0.5) is 0 Å². The van der Waals surface area contributed by atoms with Crippen molar-refractivity contribution in [2.24, 2.45) is 0 Å². The lowest BCUT2D eigenvalue weighted by atomic mass is 10.2. The van der Waals surface area contributed by atoms with Gasteiger partial charge in [-0.15, -0.1) is 0 Å². The summed E-state index contributed by atoms with van der Waals surface area (Å²) in [6.07, 6.45) is 1.21. The van der Waals surface area contributed by atoms with Crippen LogP contribution in [0.5, 0.6) is 11.5 Å². The fraction of sp³-hybridized carbons (Fsp3) is 0.533. The molecule has 5 nitrogen and oxygen atoms in total. The molecular weight excluding hydrogens is 258 g/mol. The largest absolute Gasteiger partial charge is 0.497 e. The molecule has 0 aliphatic rings. The van der Waals surface area contributed by atoms with Gasteiger partial charge < -0.3 is 19.5 Å². The quantitative estimate of drug-likeness (QED) is 0.555. The van der Waals surface area contributed by atoms with E-state index in [2.05, 4.69) is 5.32 Å². The molecule has 0 fully saturated rings. The molecule has 1 rings (SSSR count). The van der Waals surface area contributed by atoms with Crippen LogP contribution in [0, 0.1) is 0 Å². The number of nitrogens with one attached hydrogen (secondary N) is 1. The van der Waals surface area contributed by atoms with Gasteiger partial charge in [0.1, 0.15) is 11.5 Å². The zero-order valence-corrected chi connectivity index (χ0v) is 12.4. The Balaban J connectivity index is 2.33. The molecular formula is C15H23NO4. The van der Waals surface area contributed by atoms with E-state index in [9.17, 15) is 4.79 Å². The predicted molar refractivity (Wildman–Crippen MR) is 77.1 cm³/mol. The minimum absolute atomic E-state index is 0.141. The third-order valence-electron chi connectivity index (χ3n) is 2.78. The van der Waals surface area contributed by atoms with Crippen LogP contribution >= 0.6 is 0 Å². The summed E-state index contributed by atoms with van der Waals surface area (Å²) in [5.74, 6) is 1.40. The van der Waals surface area contributed by atoms with Gasteiger partial charge in [0.05, 0.1) is 20.8 Å². The number of ether oxygens (including phenoxy) is 3. The van der Waals surface area contributed by atoms with Crippen LogP contribution in [0.2, 0.25) is 0 Å². The standard InChI is InChI=1S/C15H23NO4/c1-4-20-15(17)6-5-7-16-11-12-8-13(18-2)10-14(9-12)19-3/h8-10,16H,4-7,11H2,1-3H3. The Morgan fingerprint density at radius 2 is 1.80 bits per heavy atom. The summed E-state index contributed by atoms with van der Waals surface area (Å²) in [6, 6.07) is 5.76. The van der Waals surface area contributed by atoms with Gasteiger partial charge in [-0.05, 0) is 37.6 Å². The summed E-state index contributed by atoms with van der Waals surface area (Å²) in [6.45, 7) is 3.72. The Kier molecular flexibility index (Phi) is 7.50. The van der Waals surface area contributed by atoms with Crippen LogP contribution in [0.15, 0.2) is 18.2 Å². The summed E-state index contributed by atoms with van der Waals surface area (Å²) in [5.41, 5.74) is 1.08. The highest BCUT2D eigenvalue weighted by Crippen LogP contribution is 2.22. The average molecular weight is 281 g/mol. The SMILES string of the molecule is CCOC(=O)CCCNCc1cc(OC)cc(OC)c1. The molecule has 0 aromatic heterocycles. The molecule has 0 aliphatic heterocycles. The Labute approximate surface area is 120 Å². The van der Waals surface area contributed by atoms with Crippen molar-refractivity contribution in [3.05, 3.63) is 23.8 Å². The molecule has 0 atom stereocenters. The van der Waals surface area contributed by atoms with Crippen molar-refractivity contribution in [1.29, 1.82) is 0 Å². The molecule has 0 aliphatic carbocycles. The topological polar surface area (TPSA) is 56.8 Å². The molecule has 1 aromatic rings. The van der Waals surface area contributed by atoms with Crippen molar-refractivity contribution in [2.45, 2.75) is 26.3 Å². The second-order valence-electron chi connectivity index (χ2n) is 4.31. The molecule has 5 heteroatoms. The first-order valence-electron chi connectivity index (χ1n) is 6.78. The summed E-state index contributed by atoms with van der Waals surface area (Å²) in [4.78, 5) is 11.2. The van der Waals surface area contributed by atoms with E-state index in [0.717, 1.165) is 30.0 Å². The summed E-state index contributed by atoms with van der Waals surface area (Å²) >= 11 is 0. The van der Waals surface area contributed by atoms with Crippen molar-refractivity contribution in [1.82, 2.24) is 5.32 Å². The zero-order valence-electron chi connectivity index (χ0n) is 12.4. The van der Waals surface area contributed by atoms with Gasteiger partial charge in [-0.3, -0.25) is 4.79 Å². The molecule has 0 bridgehead atoms. The Morgan fingerprint density at radius 3 is 2.35 bits per heavy atom. The minimum Gasteiger partial charge on any atom is -0.497 e. The lowest BCUT2D eigenvalue weighted by Crippen LogP contribution is -2.16. The van der Waals surface area contributed by atoms with E-state index in [-0.39, 0.29) is 5.97 Å². The number of benzene rings is 1. The summed E-state index contributed by atoms with van der Waals surface area (Å²) in [5, 5.41) is 3.28. The van der Waals surface area contributed by atoms with Crippen LogP contribution in [-0.2, 0) is 16.1 Å². The van der Waals surface area contributed by atoms with E-state index in [4.69, 9.17) is 14.2 Å². The van der Waals surface area contributed by atoms with Crippen LogP contribution in [-0.4, -0.2) is 33.3 Å². The average Bonchev–Trinajstić information content (AvgIpc) is 2.46. The summed E-state index contributed by atoms with van der Waals surface area (Å²) < 4.78 is 15.3. The monoisotopic (exact) mass is 281 g/mol. The van der Waals surface area contributed by atoms with Gasteiger partial charge in [0.15, 0.2) is 0 Å². The highest BCUT2D eigenvalue weighted by Gasteiger charge is 2.03. The molecule has 0 radical (unpaired) electrons. The van der Waals surface area contributed by atoms with Crippen LogP contribution in [0.1, 0.15) is 25.3 Å². The first-order valence-corrected chi connectivity index (χ1v) is 6.78. The normalized spacial score (nSPS) is 10.2. The highest BCUT2D eigenvalue weighted by atomic mass is 16.5. The Morgan fingerprint density at radius 1 is 1.15 bits per heavy atom. The van der Waals surface area contributed by atoms with Crippen LogP contribution < -0.4 is 14.8 Å². The first-order chi connectivity index (χ1) is 9.69. The Bertz CT molecular complexity index is 398. The second-order valence-corrected chi connectivity index (χ2v) is 4.31. The number of carbonyl (C=O) groups is 1. The first kappa shape index (κ1) is 16.3. The molecule has 20 heavy (non-hydrogen) atoms. The van der Waals surface area contributed by atoms with Crippen molar-refractivity contribution < 1.29 is 19.0 Å². The smallest absolute Gasteiger partial charge is 0.305 e. The molecule has 112 valence electrons. The maximum Gasteiger partial charge on any atom is 0.305 e. The van der Waals surface area contributed by atoms with Gasteiger partial charge in [-0.2, -0.15) is 0 Å². The zero-order chi connectivity index (χ0) is 14.8. The molecule has 0 heterocycles. The van der Waals surface area contributed by atoms with E-state index < -0.39 is 0 Å². The van der Waals surface area contributed by atoms with E-state index in [1.54, 1.807) is 14.2 Å². The fourth-order valence-corrected chi connectivity index (χ4v) is 1.79. The maximum atomic E-state index is 11.2. The number of carbonyl (C=O) groups excluding carboxylic acids is 1. The molecule has 1 N–H and O–H groups in total. The maximum absolute atomic E-state index is 11.2. The molecule has 0 spiro atoms. The fourth-order valence-electron chi connectivity index (χ4n) is 1.79. The molecule has 0 unspecified atom stereocenters. The van der Waals surface area contributed by atoms with Gasteiger partial charge in [0.2, 0.25) is 0 Å². The van der Waals surface area contributed by atoms with Gasteiger partial charge in [0, 0.05) is 19.0 Å². The van der Waals surface area contributed by atoms with Crippen molar-refractivity contribution >= 4 is 5.97 Å². The third kappa shape index (κ3) is 5.93. The number of hydrogen-bond donors (Lipinski definition) is 1. The van der Waals surface area contributed by atoms with E-state index in [1.807, 2.05) is 25.1 Å². The van der Waals surface area contributed by atoms with Gasteiger partial charge in [-0.25, -0.2) is 0 Å². The third-order valence-corrected chi connectivity index (χ3v) is 2.78. The van der Waals surface area contributed by atoms with E-state index in [1.165, 1.54) is 0 Å². The summed E-state index contributed by atoms with van der Waals surface area (Å²) in [7, 11) is 3.26. The van der Waals surface area contributed by atoms with Crippen LogP contribution in [0.25, 0.3) is 0 Å². The predicted octanol–water partition coefficient (Wildman–Crippen LogP) is 2.14. The lowest BCUT2D eigenvalue weighted by Gasteiger charge is -2.09. The van der Waals surface area contributed by atoms with Crippen molar-refractivity contribution in [3.63, 3.8) is 0 Å². The van der Waals surface area contributed by atoms with Gasteiger partial charge >= 0.3 is 5.97 Å². The lowest BCUT2D eigenvalue weighted by molar-refractivity contribution is -0.143. The van der Waals surface area contributed by atoms with E-state index in [0.29, 0.717) is 19.6 Å².